The summed E-state index contributed by atoms with van der Waals surface area (Å²) in [6, 6.07) is 16.5. The number of ether oxygens (including phenoxy) is 2. The Bertz CT molecular complexity index is 1120. The van der Waals surface area contributed by atoms with Crippen molar-refractivity contribution in [3.63, 3.8) is 0 Å². The lowest BCUT2D eigenvalue weighted by Gasteiger charge is -2.14. The van der Waals surface area contributed by atoms with Crippen LogP contribution < -0.4 is 20.3 Å². The van der Waals surface area contributed by atoms with Crippen LogP contribution in [0.1, 0.15) is 30.6 Å². The number of halogens is 2. The van der Waals surface area contributed by atoms with Gasteiger partial charge in [-0.25, -0.2) is 0 Å². The molecule has 0 radical (unpaired) electrons. The zero-order valence-corrected chi connectivity index (χ0v) is 21.0. The molecule has 0 fully saturated rings. The number of hydrazine groups is 1. The van der Waals surface area contributed by atoms with Gasteiger partial charge in [0, 0.05) is 4.47 Å². The van der Waals surface area contributed by atoms with E-state index in [1.165, 1.54) is 0 Å². The van der Waals surface area contributed by atoms with Gasteiger partial charge in [0.15, 0.2) is 6.61 Å². The molecule has 0 unspecified atom stereocenters. The highest BCUT2D eigenvalue weighted by Crippen LogP contribution is 2.34. The number of amides is 2. The van der Waals surface area contributed by atoms with Crippen molar-refractivity contribution >= 4 is 54.4 Å². The Balaban J connectivity index is 1.54. The average molecular weight is 564 g/mol. The molecule has 0 aromatic heterocycles. The van der Waals surface area contributed by atoms with Gasteiger partial charge in [-0.3, -0.25) is 20.4 Å². The first kappa shape index (κ1) is 24.1. The van der Waals surface area contributed by atoms with Gasteiger partial charge in [0.05, 0.1) is 16.6 Å². The summed E-state index contributed by atoms with van der Waals surface area (Å²) in [5.41, 5.74) is 5.13. The fourth-order valence-electron chi connectivity index (χ4n) is 2.91. The molecule has 0 bridgehead atoms. The summed E-state index contributed by atoms with van der Waals surface area (Å²) in [4.78, 5) is 24.7. The second kappa shape index (κ2) is 11.3. The largest absolute Gasteiger partial charge is 0.493 e. The zero-order chi connectivity index (χ0) is 23.1. The molecule has 3 rings (SSSR count). The van der Waals surface area contributed by atoms with Crippen LogP contribution in [0.4, 0.5) is 0 Å². The van der Waals surface area contributed by atoms with Crippen LogP contribution in [0.2, 0.25) is 0 Å². The molecule has 0 atom stereocenters. The Hall–Kier alpha value is -2.58. The van der Waals surface area contributed by atoms with Crippen molar-refractivity contribution in [2.45, 2.75) is 20.3 Å². The van der Waals surface area contributed by atoms with Gasteiger partial charge in [0.2, 0.25) is 0 Å². The van der Waals surface area contributed by atoms with Crippen molar-refractivity contribution in [1.82, 2.24) is 10.9 Å². The predicted molar refractivity (Wildman–Crippen MR) is 132 cm³/mol. The summed E-state index contributed by atoms with van der Waals surface area (Å²) < 4.78 is 13.1. The first-order valence-electron chi connectivity index (χ1n) is 10.2. The fourth-order valence-corrected chi connectivity index (χ4v) is 3.90. The molecule has 6 nitrogen and oxygen atoms in total. The molecule has 3 aromatic carbocycles. The molecule has 0 aliphatic carbocycles. The summed E-state index contributed by atoms with van der Waals surface area (Å²) in [5, 5.41) is 2.00. The van der Waals surface area contributed by atoms with Crippen molar-refractivity contribution in [1.29, 1.82) is 0 Å². The summed E-state index contributed by atoms with van der Waals surface area (Å²) in [6.07, 6.45) is 0.881. The Morgan fingerprint density at radius 1 is 0.938 bits per heavy atom. The van der Waals surface area contributed by atoms with Crippen LogP contribution in [-0.2, 0) is 4.79 Å². The molecular formula is C24H24Br2N2O4. The quantitative estimate of drug-likeness (QED) is 0.348. The minimum atomic E-state index is -0.487. The van der Waals surface area contributed by atoms with E-state index in [0.717, 1.165) is 26.1 Å². The minimum absolute atomic E-state index is 0.256. The van der Waals surface area contributed by atoms with Gasteiger partial charge in [-0.15, -0.1) is 0 Å². The summed E-state index contributed by atoms with van der Waals surface area (Å²) in [7, 11) is 0. The highest BCUT2D eigenvalue weighted by atomic mass is 79.9. The molecule has 0 saturated heterocycles. The smallest absolute Gasteiger partial charge is 0.276 e. The van der Waals surface area contributed by atoms with Gasteiger partial charge < -0.3 is 9.47 Å². The Morgan fingerprint density at radius 2 is 1.72 bits per heavy atom. The third kappa shape index (κ3) is 6.46. The monoisotopic (exact) mass is 562 g/mol. The number of para-hydroxylation sites is 1. The second-order valence-corrected chi connectivity index (χ2v) is 9.27. The van der Waals surface area contributed by atoms with E-state index in [1.54, 1.807) is 30.3 Å². The van der Waals surface area contributed by atoms with E-state index in [0.29, 0.717) is 29.6 Å². The number of rotatable bonds is 8. The predicted octanol–water partition coefficient (Wildman–Crippen LogP) is 5.63. The van der Waals surface area contributed by atoms with E-state index < -0.39 is 11.8 Å². The molecule has 0 aliphatic rings. The van der Waals surface area contributed by atoms with Crippen LogP contribution in [-0.4, -0.2) is 25.0 Å². The lowest BCUT2D eigenvalue weighted by molar-refractivity contribution is -0.123. The van der Waals surface area contributed by atoms with Gasteiger partial charge in [0.1, 0.15) is 11.5 Å². The first-order chi connectivity index (χ1) is 15.3. The van der Waals surface area contributed by atoms with Crippen molar-refractivity contribution in [3.05, 3.63) is 69.1 Å². The Labute approximate surface area is 203 Å². The van der Waals surface area contributed by atoms with Crippen molar-refractivity contribution in [2.75, 3.05) is 13.2 Å². The third-order valence-electron chi connectivity index (χ3n) is 4.64. The fraction of sp³-hybridized carbons (Fsp3) is 0.250. The molecular weight excluding hydrogens is 540 g/mol. The number of hydrogen-bond acceptors (Lipinski definition) is 4. The topological polar surface area (TPSA) is 76.7 Å². The normalized spacial score (nSPS) is 10.8. The van der Waals surface area contributed by atoms with E-state index in [4.69, 9.17) is 9.47 Å². The second-order valence-electron chi connectivity index (χ2n) is 7.56. The summed E-state index contributed by atoms with van der Waals surface area (Å²) in [6.45, 7) is 4.47. The molecule has 168 valence electrons. The average Bonchev–Trinajstić information content (AvgIpc) is 2.77. The standard InChI is InChI=1S/C24H24Br2N2O4/c1-15(2)11-12-31-20-6-4-3-5-19(20)24(30)28-27-22(29)14-32-21-10-7-16-13-17(25)8-9-18(16)23(21)26/h3-10,13,15H,11-12,14H2,1-2H3,(H,27,29)(H,28,30). The molecule has 2 N–H and O–H groups in total. The SMILES string of the molecule is CC(C)CCOc1ccccc1C(=O)NNC(=O)COc1ccc2cc(Br)ccc2c1Br. The van der Waals surface area contributed by atoms with Crippen LogP contribution in [0.3, 0.4) is 0 Å². The number of hydrogen-bond donors (Lipinski definition) is 2. The highest BCUT2D eigenvalue weighted by Gasteiger charge is 2.14. The number of carbonyl (C=O) groups is 2. The maximum absolute atomic E-state index is 12.5. The lowest BCUT2D eigenvalue weighted by Crippen LogP contribution is -2.44. The minimum Gasteiger partial charge on any atom is -0.493 e. The van der Waals surface area contributed by atoms with Crippen LogP contribution >= 0.6 is 31.9 Å². The van der Waals surface area contributed by atoms with E-state index >= 15 is 0 Å². The van der Waals surface area contributed by atoms with Crippen molar-refractivity contribution < 1.29 is 19.1 Å². The molecule has 8 heteroatoms. The van der Waals surface area contributed by atoms with Crippen LogP contribution in [0, 0.1) is 5.92 Å². The lowest BCUT2D eigenvalue weighted by atomic mass is 10.1. The van der Waals surface area contributed by atoms with Crippen molar-refractivity contribution in [3.8, 4) is 11.5 Å². The number of carbonyl (C=O) groups excluding carboxylic acids is 2. The number of fused-ring (bicyclic) bond motifs is 1. The van der Waals surface area contributed by atoms with Gasteiger partial charge in [-0.05, 0) is 69.4 Å². The molecule has 3 aromatic rings. The number of nitrogens with one attached hydrogen (secondary N) is 2. The maximum Gasteiger partial charge on any atom is 0.276 e. The third-order valence-corrected chi connectivity index (χ3v) is 5.95. The zero-order valence-electron chi connectivity index (χ0n) is 17.8. The molecule has 0 heterocycles. The van der Waals surface area contributed by atoms with Crippen LogP contribution in [0.5, 0.6) is 11.5 Å². The first-order valence-corrected chi connectivity index (χ1v) is 11.8. The molecule has 0 aliphatic heterocycles. The highest BCUT2D eigenvalue weighted by molar-refractivity contribution is 9.11. The van der Waals surface area contributed by atoms with Crippen LogP contribution in [0.15, 0.2) is 63.5 Å². The molecule has 0 spiro atoms. The van der Waals surface area contributed by atoms with Gasteiger partial charge in [0.25, 0.3) is 11.8 Å². The van der Waals surface area contributed by atoms with Gasteiger partial charge >= 0.3 is 0 Å². The summed E-state index contributed by atoms with van der Waals surface area (Å²) in [5.74, 6) is 0.559. The van der Waals surface area contributed by atoms with Crippen LogP contribution in [0.25, 0.3) is 10.8 Å². The maximum atomic E-state index is 12.5. The van der Waals surface area contributed by atoms with Crippen molar-refractivity contribution in [2.24, 2.45) is 5.92 Å². The van der Waals surface area contributed by atoms with Gasteiger partial charge in [-0.1, -0.05) is 54.0 Å². The van der Waals surface area contributed by atoms with E-state index in [1.807, 2.05) is 24.3 Å². The molecule has 0 saturated carbocycles. The van der Waals surface area contributed by atoms with E-state index in [2.05, 4.69) is 56.6 Å². The van der Waals surface area contributed by atoms with E-state index in [-0.39, 0.29) is 6.61 Å². The Morgan fingerprint density at radius 3 is 2.50 bits per heavy atom. The van der Waals surface area contributed by atoms with E-state index in [9.17, 15) is 9.59 Å². The molecule has 32 heavy (non-hydrogen) atoms. The molecule has 2 amide bonds. The Kier molecular flexibility index (Phi) is 8.53. The van der Waals surface area contributed by atoms with Gasteiger partial charge in [-0.2, -0.15) is 0 Å². The number of benzene rings is 3. The summed E-state index contributed by atoms with van der Waals surface area (Å²) >= 11 is 6.98.